The van der Waals surface area contributed by atoms with Crippen molar-refractivity contribution in [1.82, 2.24) is 0 Å². The van der Waals surface area contributed by atoms with E-state index in [1.807, 2.05) is 32.0 Å². The summed E-state index contributed by atoms with van der Waals surface area (Å²) in [6.45, 7) is 3.86. The van der Waals surface area contributed by atoms with Crippen LogP contribution < -0.4 is 24.8 Å². The third-order valence-electron chi connectivity index (χ3n) is 3.15. The molecular weight excluding hydrogens is 308 g/mol. The molecule has 0 aliphatic carbocycles. The van der Waals surface area contributed by atoms with Gasteiger partial charge in [-0.2, -0.15) is 0 Å². The highest BCUT2D eigenvalue weighted by molar-refractivity contribution is 6.01. The van der Waals surface area contributed by atoms with Gasteiger partial charge in [0.15, 0.2) is 0 Å². The van der Waals surface area contributed by atoms with Gasteiger partial charge in [-0.3, -0.25) is 0 Å². The van der Waals surface area contributed by atoms with Gasteiger partial charge in [-0.25, -0.2) is 4.79 Å². The van der Waals surface area contributed by atoms with Crippen molar-refractivity contribution in [2.45, 2.75) is 20.0 Å². The fraction of sp³-hybridized carbons (Fsp3) is 0.278. The van der Waals surface area contributed by atoms with E-state index in [9.17, 15) is 4.79 Å². The number of carbonyl (C=O) groups excluding carboxylic acids is 1. The average molecular weight is 330 g/mol. The van der Waals surface area contributed by atoms with Crippen LogP contribution >= 0.6 is 0 Å². The molecule has 0 spiro atoms. The number of benzene rings is 2. The summed E-state index contributed by atoms with van der Waals surface area (Å²) >= 11 is 0. The monoisotopic (exact) mass is 330 g/mol. The zero-order valence-corrected chi connectivity index (χ0v) is 14.3. The predicted octanol–water partition coefficient (Wildman–Crippen LogP) is 4.14. The van der Waals surface area contributed by atoms with Crippen LogP contribution in [0.5, 0.6) is 17.2 Å². The lowest BCUT2D eigenvalue weighted by molar-refractivity contribution is 0.243. The van der Waals surface area contributed by atoms with E-state index in [-0.39, 0.29) is 6.10 Å². The molecule has 0 atom stereocenters. The van der Waals surface area contributed by atoms with E-state index < -0.39 is 6.03 Å². The third kappa shape index (κ3) is 4.55. The van der Waals surface area contributed by atoms with Crippen LogP contribution in [0.1, 0.15) is 13.8 Å². The fourth-order valence-corrected chi connectivity index (χ4v) is 2.10. The Hall–Kier alpha value is -2.89. The van der Waals surface area contributed by atoms with Gasteiger partial charge in [0.2, 0.25) is 0 Å². The molecule has 0 bridgehead atoms. The first-order valence-corrected chi connectivity index (χ1v) is 7.59. The van der Waals surface area contributed by atoms with Gasteiger partial charge in [0.05, 0.1) is 31.7 Å². The normalized spacial score (nSPS) is 10.2. The van der Waals surface area contributed by atoms with E-state index in [1.54, 1.807) is 31.4 Å². The molecule has 2 aromatic rings. The number of methoxy groups -OCH3 is 2. The third-order valence-corrected chi connectivity index (χ3v) is 3.15. The maximum absolute atomic E-state index is 12.3. The predicted molar refractivity (Wildman–Crippen MR) is 94.4 cm³/mol. The first-order chi connectivity index (χ1) is 11.5. The summed E-state index contributed by atoms with van der Waals surface area (Å²) in [5.74, 6) is 1.77. The number of carbonyl (C=O) groups is 1. The van der Waals surface area contributed by atoms with Gasteiger partial charge in [0, 0.05) is 6.07 Å². The van der Waals surface area contributed by atoms with Crippen LogP contribution in [0.4, 0.5) is 16.2 Å². The number of ether oxygens (including phenoxy) is 3. The summed E-state index contributed by atoms with van der Waals surface area (Å²) in [7, 11) is 3.10. The topological polar surface area (TPSA) is 68.8 Å². The van der Waals surface area contributed by atoms with Crippen LogP contribution in [-0.4, -0.2) is 26.4 Å². The molecule has 2 rings (SSSR count). The van der Waals surface area contributed by atoms with Gasteiger partial charge < -0.3 is 24.8 Å². The molecule has 0 fully saturated rings. The van der Waals surface area contributed by atoms with Crippen LogP contribution in [0, 0.1) is 0 Å². The summed E-state index contributed by atoms with van der Waals surface area (Å²) in [4.78, 5) is 12.3. The standard InChI is InChI=1S/C18H22N2O4/c1-12(2)24-16-8-6-5-7-14(16)19-18(21)20-15-10-9-13(22-3)11-17(15)23-4/h5-12H,1-4H3,(H2,19,20,21). The summed E-state index contributed by atoms with van der Waals surface area (Å²) in [6.07, 6.45) is 0.0118. The summed E-state index contributed by atoms with van der Waals surface area (Å²) < 4.78 is 16.1. The van der Waals surface area contributed by atoms with Crippen molar-refractivity contribution in [3.63, 3.8) is 0 Å². The summed E-state index contributed by atoms with van der Waals surface area (Å²) in [5, 5.41) is 5.54. The zero-order valence-electron chi connectivity index (χ0n) is 14.3. The quantitative estimate of drug-likeness (QED) is 0.835. The van der Waals surface area contributed by atoms with Crippen LogP contribution in [-0.2, 0) is 0 Å². The average Bonchev–Trinajstić information content (AvgIpc) is 2.56. The van der Waals surface area contributed by atoms with Gasteiger partial charge in [0.1, 0.15) is 17.2 Å². The first kappa shape index (κ1) is 17.5. The fourth-order valence-electron chi connectivity index (χ4n) is 2.10. The molecule has 2 amide bonds. The molecule has 6 heteroatoms. The lowest BCUT2D eigenvalue weighted by Gasteiger charge is -2.16. The Morgan fingerprint density at radius 1 is 0.917 bits per heavy atom. The van der Waals surface area contributed by atoms with Crippen molar-refractivity contribution in [3.05, 3.63) is 42.5 Å². The van der Waals surface area contributed by atoms with Crippen molar-refractivity contribution >= 4 is 17.4 Å². The molecule has 0 heterocycles. The van der Waals surface area contributed by atoms with Crippen LogP contribution in [0.15, 0.2) is 42.5 Å². The van der Waals surface area contributed by atoms with Crippen molar-refractivity contribution < 1.29 is 19.0 Å². The maximum atomic E-state index is 12.3. The van der Waals surface area contributed by atoms with E-state index in [0.29, 0.717) is 28.6 Å². The Morgan fingerprint density at radius 2 is 1.58 bits per heavy atom. The number of para-hydroxylation sites is 2. The van der Waals surface area contributed by atoms with E-state index in [0.717, 1.165) is 0 Å². The highest BCUT2D eigenvalue weighted by Crippen LogP contribution is 2.30. The van der Waals surface area contributed by atoms with Crippen LogP contribution in [0.25, 0.3) is 0 Å². The SMILES string of the molecule is COc1ccc(NC(=O)Nc2ccccc2OC(C)C)c(OC)c1. The number of hydrogen-bond acceptors (Lipinski definition) is 4. The smallest absolute Gasteiger partial charge is 0.323 e. The summed E-state index contributed by atoms with van der Waals surface area (Å²) in [6, 6.07) is 12.0. The molecule has 24 heavy (non-hydrogen) atoms. The molecule has 0 radical (unpaired) electrons. The van der Waals surface area contributed by atoms with E-state index in [1.165, 1.54) is 7.11 Å². The number of nitrogens with one attached hydrogen (secondary N) is 2. The molecule has 2 aromatic carbocycles. The Bertz CT molecular complexity index is 701. The molecule has 0 saturated carbocycles. The van der Waals surface area contributed by atoms with Gasteiger partial charge in [-0.05, 0) is 38.1 Å². The van der Waals surface area contributed by atoms with Gasteiger partial charge in [-0.15, -0.1) is 0 Å². The van der Waals surface area contributed by atoms with Crippen molar-refractivity contribution in [2.75, 3.05) is 24.9 Å². The van der Waals surface area contributed by atoms with Crippen LogP contribution in [0.3, 0.4) is 0 Å². The lowest BCUT2D eigenvalue weighted by atomic mass is 10.2. The molecule has 0 aliphatic rings. The number of anilines is 2. The molecular formula is C18H22N2O4. The molecule has 0 aromatic heterocycles. The van der Waals surface area contributed by atoms with Gasteiger partial charge in [0.25, 0.3) is 0 Å². The minimum Gasteiger partial charge on any atom is -0.497 e. The van der Waals surface area contributed by atoms with E-state index in [2.05, 4.69) is 10.6 Å². The lowest BCUT2D eigenvalue weighted by Crippen LogP contribution is -2.20. The number of hydrogen-bond donors (Lipinski definition) is 2. The number of amides is 2. The van der Waals surface area contributed by atoms with Crippen molar-refractivity contribution in [2.24, 2.45) is 0 Å². The van der Waals surface area contributed by atoms with E-state index >= 15 is 0 Å². The second-order valence-electron chi connectivity index (χ2n) is 5.31. The molecule has 0 saturated heterocycles. The molecule has 0 unspecified atom stereocenters. The minimum absolute atomic E-state index is 0.0118. The number of urea groups is 1. The Balaban J connectivity index is 2.12. The largest absolute Gasteiger partial charge is 0.497 e. The second kappa shape index (κ2) is 8.10. The molecule has 2 N–H and O–H groups in total. The van der Waals surface area contributed by atoms with Crippen molar-refractivity contribution in [1.29, 1.82) is 0 Å². The molecule has 128 valence electrons. The van der Waals surface area contributed by atoms with Gasteiger partial charge >= 0.3 is 6.03 Å². The van der Waals surface area contributed by atoms with Crippen molar-refractivity contribution in [3.8, 4) is 17.2 Å². The number of rotatable bonds is 6. The molecule has 0 aliphatic heterocycles. The highest BCUT2D eigenvalue weighted by Gasteiger charge is 2.11. The second-order valence-corrected chi connectivity index (χ2v) is 5.31. The van der Waals surface area contributed by atoms with E-state index in [4.69, 9.17) is 14.2 Å². The Labute approximate surface area is 141 Å². The maximum Gasteiger partial charge on any atom is 0.323 e. The molecule has 6 nitrogen and oxygen atoms in total. The first-order valence-electron chi connectivity index (χ1n) is 7.59. The zero-order chi connectivity index (χ0) is 17.5. The Morgan fingerprint density at radius 3 is 2.21 bits per heavy atom. The summed E-state index contributed by atoms with van der Waals surface area (Å²) in [5.41, 5.74) is 1.13. The van der Waals surface area contributed by atoms with Gasteiger partial charge in [-0.1, -0.05) is 12.1 Å². The highest BCUT2D eigenvalue weighted by atomic mass is 16.5. The minimum atomic E-state index is -0.390. The van der Waals surface area contributed by atoms with Crippen LogP contribution in [0.2, 0.25) is 0 Å². The Kier molecular flexibility index (Phi) is 5.89.